The number of allylic oxidation sites excluding steroid dienone is 6. The molecule has 7 atom stereocenters. The molecule has 35 heavy (non-hydrogen) atoms. The Labute approximate surface area is 202 Å². The first-order valence-corrected chi connectivity index (χ1v) is 12.3. The summed E-state index contributed by atoms with van der Waals surface area (Å²) in [6.45, 7) is 5.43. The van der Waals surface area contributed by atoms with Crippen molar-refractivity contribution in [1.29, 1.82) is 0 Å². The van der Waals surface area contributed by atoms with E-state index in [1.165, 1.54) is 6.08 Å². The van der Waals surface area contributed by atoms with Gasteiger partial charge in [-0.25, -0.2) is 4.39 Å². The molecule has 0 heterocycles. The van der Waals surface area contributed by atoms with Crippen molar-refractivity contribution < 1.29 is 36.7 Å². The van der Waals surface area contributed by atoms with Crippen LogP contribution in [0.5, 0.6) is 0 Å². The number of carbonyl (C=O) groups excluding carboxylic acids is 3. The van der Waals surface area contributed by atoms with Crippen LogP contribution in [0.4, 0.5) is 17.6 Å². The van der Waals surface area contributed by atoms with Crippen LogP contribution in [0.25, 0.3) is 0 Å². The molecule has 0 N–H and O–H groups in total. The monoisotopic (exact) mass is 496 g/mol. The molecule has 2 fully saturated rings. The Bertz CT molecular complexity index is 1040. The van der Waals surface area contributed by atoms with Gasteiger partial charge in [0.1, 0.15) is 6.61 Å². The summed E-state index contributed by atoms with van der Waals surface area (Å²) in [6, 6.07) is 0. The Hall–Kier alpha value is -2.25. The Kier molecular flexibility index (Phi) is 6.21. The average Bonchev–Trinajstić information content (AvgIpc) is 3.10. The summed E-state index contributed by atoms with van der Waals surface area (Å²) < 4.78 is 63.2. The largest absolute Gasteiger partial charge is 0.458 e. The minimum atomic E-state index is -5.13. The highest BCUT2D eigenvalue weighted by molar-refractivity contribution is 6.01. The highest BCUT2D eigenvalue weighted by Gasteiger charge is 2.70. The van der Waals surface area contributed by atoms with E-state index in [1.807, 2.05) is 19.1 Å². The number of hydrogen-bond acceptors (Lipinski definition) is 4. The Morgan fingerprint density at radius 3 is 2.49 bits per heavy atom. The van der Waals surface area contributed by atoms with Gasteiger partial charge in [-0.1, -0.05) is 37.1 Å². The lowest BCUT2D eigenvalue weighted by atomic mass is 9.52. The molecule has 0 aromatic carbocycles. The molecule has 4 rings (SSSR count). The molecule has 4 nitrogen and oxygen atoms in total. The lowest BCUT2D eigenvalue weighted by Gasteiger charge is -2.52. The number of halogens is 4. The second-order valence-corrected chi connectivity index (χ2v) is 11.0. The first-order valence-electron chi connectivity index (χ1n) is 12.3. The van der Waals surface area contributed by atoms with Crippen molar-refractivity contribution in [2.45, 2.75) is 71.6 Å². The molecular weight excluding hydrogens is 464 g/mol. The SMILES string of the molecule is CCC(F)([C@@H]1CC2C3CCC4=CC(=O)C=C[C@]4(C)C3=CC[C@]2(C)[C@H]1C(=O)COC(C)=O)C(F)(F)F. The summed E-state index contributed by atoms with van der Waals surface area (Å²) in [6.07, 6.45) is 2.60. The second-order valence-electron chi connectivity index (χ2n) is 11.0. The number of fused-ring (bicyclic) bond motifs is 5. The number of carbonyl (C=O) groups is 3. The Balaban J connectivity index is 1.79. The van der Waals surface area contributed by atoms with E-state index in [0.717, 1.165) is 25.0 Å². The average molecular weight is 497 g/mol. The number of esters is 1. The first-order chi connectivity index (χ1) is 16.2. The maximum absolute atomic E-state index is 15.9. The fraction of sp³-hybridized carbons (Fsp3) is 0.667. The van der Waals surface area contributed by atoms with E-state index < -0.39 is 59.3 Å². The van der Waals surface area contributed by atoms with Crippen LogP contribution in [-0.4, -0.2) is 36.0 Å². The van der Waals surface area contributed by atoms with Crippen LogP contribution in [0.15, 0.2) is 35.5 Å². The summed E-state index contributed by atoms with van der Waals surface area (Å²) in [5.74, 6) is -4.71. The normalized spacial score (nSPS) is 37.9. The van der Waals surface area contributed by atoms with Crippen LogP contribution in [0, 0.1) is 34.5 Å². The summed E-state index contributed by atoms with van der Waals surface area (Å²) in [5.41, 5.74) is -2.91. The minimum Gasteiger partial charge on any atom is -0.458 e. The molecule has 0 spiro atoms. The van der Waals surface area contributed by atoms with Crippen LogP contribution in [0.1, 0.15) is 59.8 Å². The molecule has 0 bridgehead atoms. The number of rotatable bonds is 5. The molecular formula is C27H32F4O4. The van der Waals surface area contributed by atoms with Gasteiger partial charge in [0.25, 0.3) is 0 Å². The third-order valence-corrected chi connectivity index (χ3v) is 9.34. The molecule has 0 aromatic rings. The molecule has 4 aliphatic carbocycles. The van der Waals surface area contributed by atoms with Crippen molar-refractivity contribution in [3.05, 3.63) is 35.5 Å². The van der Waals surface area contributed by atoms with Crippen LogP contribution in [-0.2, 0) is 19.1 Å². The third-order valence-electron chi connectivity index (χ3n) is 9.34. The fourth-order valence-electron chi connectivity index (χ4n) is 7.55. The van der Waals surface area contributed by atoms with Gasteiger partial charge in [0.15, 0.2) is 11.6 Å². The number of ketones is 2. The zero-order chi connectivity index (χ0) is 26.0. The minimum absolute atomic E-state index is 0.0728. The Morgan fingerprint density at radius 1 is 1.20 bits per heavy atom. The lowest BCUT2D eigenvalue weighted by molar-refractivity contribution is -0.254. The van der Waals surface area contributed by atoms with Crippen molar-refractivity contribution in [1.82, 2.24) is 0 Å². The van der Waals surface area contributed by atoms with E-state index >= 15 is 4.39 Å². The van der Waals surface area contributed by atoms with Gasteiger partial charge >= 0.3 is 12.1 Å². The van der Waals surface area contributed by atoms with Crippen molar-refractivity contribution in [2.24, 2.45) is 34.5 Å². The van der Waals surface area contributed by atoms with Crippen LogP contribution >= 0.6 is 0 Å². The quantitative estimate of drug-likeness (QED) is 0.271. The molecule has 0 aliphatic heterocycles. The highest BCUT2D eigenvalue weighted by atomic mass is 19.4. The van der Waals surface area contributed by atoms with Gasteiger partial charge in [0.05, 0.1) is 0 Å². The van der Waals surface area contributed by atoms with Gasteiger partial charge < -0.3 is 4.74 Å². The van der Waals surface area contributed by atoms with Crippen LogP contribution in [0.2, 0.25) is 0 Å². The van der Waals surface area contributed by atoms with E-state index in [4.69, 9.17) is 4.74 Å². The summed E-state index contributed by atoms with van der Waals surface area (Å²) in [4.78, 5) is 36.6. The van der Waals surface area contributed by atoms with E-state index in [0.29, 0.717) is 19.3 Å². The standard InChI is InChI=1S/C27H32F4O4/c1-5-26(28,27(29,30)31)21-13-20-18-7-6-16-12-17(33)8-10-24(16,3)19(18)9-11-25(20,4)23(21)22(34)14-35-15(2)32/h8-10,12,18,20-21,23H,5-7,11,13-14H2,1-4H3/t18?,20?,21-,23-,24+,25+,26?/m1/s1. The van der Waals surface area contributed by atoms with Gasteiger partial charge in [0, 0.05) is 24.2 Å². The van der Waals surface area contributed by atoms with Crippen LogP contribution < -0.4 is 0 Å². The van der Waals surface area contributed by atoms with E-state index in [9.17, 15) is 27.6 Å². The number of Topliss-reactive ketones (excluding diaryl/α,β-unsaturated/α-hetero) is 1. The summed E-state index contributed by atoms with van der Waals surface area (Å²) in [5, 5.41) is 0. The van der Waals surface area contributed by atoms with Gasteiger partial charge in [-0.2, -0.15) is 13.2 Å². The number of hydrogen-bond donors (Lipinski definition) is 0. The fourth-order valence-corrected chi connectivity index (χ4v) is 7.55. The molecule has 2 saturated carbocycles. The van der Waals surface area contributed by atoms with Crippen molar-refractivity contribution in [2.75, 3.05) is 6.61 Å². The third kappa shape index (κ3) is 3.82. The predicted octanol–water partition coefficient (Wildman–Crippen LogP) is 5.87. The summed E-state index contributed by atoms with van der Waals surface area (Å²) in [7, 11) is 0. The van der Waals surface area contributed by atoms with Gasteiger partial charge in [-0.3, -0.25) is 14.4 Å². The number of ether oxygens (including phenoxy) is 1. The van der Waals surface area contributed by atoms with E-state index in [1.54, 1.807) is 13.0 Å². The zero-order valence-corrected chi connectivity index (χ0v) is 20.5. The highest BCUT2D eigenvalue weighted by Crippen LogP contribution is 2.68. The van der Waals surface area contributed by atoms with Gasteiger partial charge in [-0.05, 0) is 68.4 Å². The summed E-state index contributed by atoms with van der Waals surface area (Å²) >= 11 is 0. The Morgan fingerprint density at radius 2 is 1.89 bits per heavy atom. The molecule has 192 valence electrons. The predicted molar refractivity (Wildman–Crippen MR) is 121 cm³/mol. The smallest absolute Gasteiger partial charge is 0.422 e. The number of alkyl halides is 4. The topological polar surface area (TPSA) is 60.4 Å². The maximum Gasteiger partial charge on any atom is 0.422 e. The van der Waals surface area contributed by atoms with Crippen molar-refractivity contribution in [3.8, 4) is 0 Å². The zero-order valence-electron chi connectivity index (χ0n) is 20.5. The van der Waals surface area contributed by atoms with Crippen molar-refractivity contribution >= 4 is 17.5 Å². The molecule has 8 heteroatoms. The van der Waals surface area contributed by atoms with Crippen molar-refractivity contribution in [3.63, 3.8) is 0 Å². The molecule has 4 aliphatic rings. The lowest BCUT2D eigenvalue weighted by Crippen LogP contribution is -2.52. The molecule has 0 amide bonds. The maximum atomic E-state index is 15.9. The van der Waals surface area contributed by atoms with Gasteiger partial charge in [-0.15, -0.1) is 0 Å². The van der Waals surface area contributed by atoms with E-state index in [-0.39, 0.29) is 24.0 Å². The molecule has 0 radical (unpaired) electrons. The second kappa shape index (κ2) is 8.41. The molecule has 3 unspecified atom stereocenters. The van der Waals surface area contributed by atoms with Gasteiger partial charge in [0.2, 0.25) is 5.67 Å². The molecule has 0 aromatic heterocycles. The van der Waals surface area contributed by atoms with Crippen LogP contribution in [0.3, 0.4) is 0 Å². The van der Waals surface area contributed by atoms with E-state index in [2.05, 4.69) is 0 Å². The molecule has 0 saturated heterocycles. The first kappa shape index (κ1) is 25.8.